The average Bonchev–Trinajstić information content (AvgIpc) is 2.84. The molecule has 100 valence electrons. The Morgan fingerprint density at radius 3 is 2.79 bits per heavy atom. The number of rotatable bonds is 5. The van der Waals surface area contributed by atoms with Gasteiger partial charge in [0.2, 0.25) is 0 Å². The molecule has 2 rings (SSSR count). The molecule has 1 aromatic heterocycles. The minimum atomic E-state index is -0.848. The summed E-state index contributed by atoms with van der Waals surface area (Å²) >= 11 is 7.08. The number of thioether (sulfide) groups is 1. The van der Waals surface area contributed by atoms with Crippen LogP contribution in [-0.2, 0) is 4.79 Å². The Morgan fingerprint density at radius 2 is 2.16 bits per heavy atom. The zero-order chi connectivity index (χ0) is 13.8. The van der Waals surface area contributed by atoms with Crippen LogP contribution in [-0.4, -0.2) is 26.4 Å². The normalized spacial score (nSPS) is 12.3. The first-order valence-corrected chi connectivity index (χ1v) is 7.07. The van der Waals surface area contributed by atoms with Crippen LogP contribution in [0, 0.1) is 0 Å². The Balaban J connectivity index is 2.19. The van der Waals surface area contributed by atoms with Gasteiger partial charge in [0.15, 0.2) is 5.16 Å². The van der Waals surface area contributed by atoms with Gasteiger partial charge in [0, 0.05) is 17.4 Å². The topological polar surface area (TPSA) is 55.1 Å². The van der Waals surface area contributed by atoms with Crippen LogP contribution >= 0.6 is 23.4 Å². The van der Waals surface area contributed by atoms with E-state index in [-0.39, 0.29) is 11.8 Å². The van der Waals surface area contributed by atoms with Crippen LogP contribution in [0.3, 0.4) is 0 Å². The van der Waals surface area contributed by atoms with Crippen molar-refractivity contribution in [3.05, 3.63) is 47.2 Å². The first-order valence-electron chi connectivity index (χ1n) is 5.71. The van der Waals surface area contributed by atoms with E-state index in [1.807, 2.05) is 42.0 Å². The standard InChI is InChI=1S/C13H13ClN2O2S/c1-9(10-2-4-11(14)5-3-10)16-7-6-15-13(16)19-8-12(17)18/h2-7,9H,8H2,1H3,(H,17,18). The summed E-state index contributed by atoms with van der Waals surface area (Å²) in [6.45, 7) is 2.04. The summed E-state index contributed by atoms with van der Waals surface area (Å²) in [4.78, 5) is 14.8. The predicted octanol–water partition coefficient (Wildman–Crippen LogP) is 3.32. The number of nitrogens with zero attached hydrogens (tertiary/aromatic N) is 2. The third kappa shape index (κ3) is 3.52. The van der Waals surface area contributed by atoms with Gasteiger partial charge in [0.1, 0.15) is 0 Å². The maximum Gasteiger partial charge on any atom is 0.313 e. The molecule has 1 N–H and O–H groups in total. The molecule has 0 aliphatic heterocycles. The molecular weight excluding hydrogens is 284 g/mol. The molecule has 0 amide bonds. The van der Waals surface area contributed by atoms with Gasteiger partial charge in [0.25, 0.3) is 0 Å². The molecule has 0 radical (unpaired) electrons. The Kier molecular flexibility index (Phi) is 4.50. The molecule has 19 heavy (non-hydrogen) atoms. The maximum absolute atomic E-state index is 10.6. The predicted molar refractivity (Wildman–Crippen MR) is 75.9 cm³/mol. The highest BCUT2D eigenvalue weighted by molar-refractivity contribution is 7.99. The highest BCUT2D eigenvalue weighted by Crippen LogP contribution is 2.25. The molecule has 0 saturated carbocycles. The summed E-state index contributed by atoms with van der Waals surface area (Å²) in [6, 6.07) is 7.68. The van der Waals surface area contributed by atoms with Crippen molar-refractivity contribution in [1.82, 2.24) is 9.55 Å². The lowest BCUT2D eigenvalue weighted by molar-refractivity contribution is -0.133. The molecule has 0 bridgehead atoms. The van der Waals surface area contributed by atoms with Crippen molar-refractivity contribution in [2.75, 3.05) is 5.75 Å². The van der Waals surface area contributed by atoms with Crippen LogP contribution in [0.4, 0.5) is 0 Å². The Labute approximate surface area is 120 Å². The van der Waals surface area contributed by atoms with Gasteiger partial charge in [0.05, 0.1) is 11.8 Å². The molecule has 0 fully saturated rings. The Morgan fingerprint density at radius 1 is 1.47 bits per heavy atom. The number of carboxylic acid groups (broad SMARTS) is 1. The smallest absolute Gasteiger partial charge is 0.313 e. The number of halogens is 1. The third-order valence-corrected chi connectivity index (χ3v) is 3.95. The van der Waals surface area contributed by atoms with Gasteiger partial charge in [-0.2, -0.15) is 0 Å². The van der Waals surface area contributed by atoms with Crippen molar-refractivity contribution in [3.8, 4) is 0 Å². The van der Waals surface area contributed by atoms with Crippen LogP contribution in [0.5, 0.6) is 0 Å². The molecule has 2 aromatic rings. The van der Waals surface area contributed by atoms with Gasteiger partial charge >= 0.3 is 5.97 Å². The Bertz CT molecular complexity index is 568. The number of imidazole rings is 1. The number of hydrogen-bond donors (Lipinski definition) is 1. The first-order chi connectivity index (χ1) is 9.08. The van der Waals surface area contributed by atoms with Gasteiger partial charge in [-0.15, -0.1) is 0 Å². The third-order valence-electron chi connectivity index (χ3n) is 2.73. The monoisotopic (exact) mass is 296 g/mol. The number of carbonyl (C=O) groups is 1. The highest BCUT2D eigenvalue weighted by Gasteiger charge is 2.13. The summed E-state index contributed by atoms with van der Waals surface area (Å²) in [7, 11) is 0. The quantitative estimate of drug-likeness (QED) is 0.860. The molecule has 0 aliphatic carbocycles. The number of aliphatic carboxylic acids is 1. The molecule has 1 unspecified atom stereocenters. The SMILES string of the molecule is CC(c1ccc(Cl)cc1)n1ccnc1SCC(=O)O. The van der Waals surface area contributed by atoms with Crippen molar-refractivity contribution in [3.63, 3.8) is 0 Å². The van der Waals surface area contributed by atoms with E-state index >= 15 is 0 Å². The molecular formula is C13H13ClN2O2S. The second kappa shape index (κ2) is 6.12. The lowest BCUT2D eigenvalue weighted by Crippen LogP contribution is -2.08. The molecule has 1 heterocycles. The minimum absolute atomic E-state index is 0.00432. The molecule has 0 spiro atoms. The first kappa shape index (κ1) is 14.0. The lowest BCUT2D eigenvalue weighted by atomic mass is 10.1. The van der Waals surface area contributed by atoms with Crippen LogP contribution < -0.4 is 0 Å². The van der Waals surface area contributed by atoms with E-state index in [1.54, 1.807) is 6.20 Å². The van der Waals surface area contributed by atoms with E-state index in [9.17, 15) is 4.79 Å². The zero-order valence-corrected chi connectivity index (χ0v) is 11.9. The molecule has 1 aromatic carbocycles. The minimum Gasteiger partial charge on any atom is -0.481 e. The average molecular weight is 297 g/mol. The van der Waals surface area contributed by atoms with E-state index in [0.29, 0.717) is 10.2 Å². The number of carboxylic acids is 1. The van der Waals surface area contributed by atoms with Gasteiger partial charge < -0.3 is 9.67 Å². The summed E-state index contributed by atoms with van der Waals surface area (Å²) in [6.07, 6.45) is 3.53. The summed E-state index contributed by atoms with van der Waals surface area (Å²) in [5.74, 6) is -0.844. The van der Waals surface area contributed by atoms with Crippen LogP contribution in [0.2, 0.25) is 5.02 Å². The number of benzene rings is 1. The lowest BCUT2D eigenvalue weighted by Gasteiger charge is -2.16. The van der Waals surface area contributed by atoms with Gasteiger partial charge in [-0.05, 0) is 24.6 Å². The molecule has 0 saturated heterocycles. The van der Waals surface area contributed by atoms with Crippen molar-refractivity contribution in [2.24, 2.45) is 0 Å². The molecule has 6 heteroatoms. The molecule has 0 aliphatic rings. The van der Waals surface area contributed by atoms with Crippen molar-refractivity contribution in [1.29, 1.82) is 0 Å². The fraction of sp³-hybridized carbons (Fsp3) is 0.231. The van der Waals surface area contributed by atoms with Crippen molar-refractivity contribution >= 4 is 29.3 Å². The maximum atomic E-state index is 10.6. The van der Waals surface area contributed by atoms with E-state index < -0.39 is 5.97 Å². The summed E-state index contributed by atoms with van der Waals surface area (Å²) in [5.41, 5.74) is 1.10. The molecule has 1 atom stereocenters. The van der Waals surface area contributed by atoms with E-state index in [1.165, 1.54) is 11.8 Å². The largest absolute Gasteiger partial charge is 0.481 e. The van der Waals surface area contributed by atoms with Gasteiger partial charge in [-0.3, -0.25) is 4.79 Å². The van der Waals surface area contributed by atoms with Gasteiger partial charge in [-0.25, -0.2) is 4.98 Å². The number of hydrogen-bond acceptors (Lipinski definition) is 3. The van der Waals surface area contributed by atoms with E-state index in [0.717, 1.165) is 5.56 Å². The van der Waals surface area contributed by atoms with Crippen LogP contribution in [0.1, 0.15) is 18.5 Å². The fourth-order valence-electron chi connectivity index (χ4n) is 1.73. The van der Waals surface area contributed by atoms with Gasteiger partial charge in [-0.1, -0.05) is 35.5 Å². The summed E-state index contributed by atoms with van der Waals surface area (Å²) < 4.78 is 1.96. The number of aromatic nitrogens is 2. The zero-order valence-electron chi connectivity index (χ0n) is 10.3. The fourth-order valence-corrected chi connectivity index (χ4v) is 2.62. The van der Waals surface area contributed by atoms with E-state index in [2.05, 4.69) is 4.98 Å². The van der Waals surface area contributed by atoms with Crippen LogP contribution in [0.15, 0.2) is 41.8 Å². The van der Waals surface area contributed by atoms with Crippen molar-refractivity contribution < 1.29 is 9.90 Å². The second-order valence-corrected chi connectivity index (χ2v) is 5.41. The summed E-state index contributed by atoms with van der Waals surface area (Å²) in [5, 5.41) is 10.1. The molecule has 4 nitrogen and oxygen atoms in total. The van der Waals surface area contributed by atoms with Crippen molar-refractivity contribution in [2.45, 2.75) is 18.1 Å². The van der Waals surface area contributed by atoms with E-state index in [4.69, 9.17) is 16.7 Å². The second-order valence-electron chi connectivity index (χ2n) is 4.03. The van der Waals surface area contributed by atoms with Crippen LogP contribution in [0.25, 0.3) is 0 Å². The highest BCUT2D eigenvalue weighted by atomic mass is 35.5. The Hall–Kier alpha value is -1.46.